The summed E-state index contributed by atoms with van der Waals surface area (Å²) in [5.41, 5.74) is 1.57. The Morgan fingerprint density at radius 2 is 2.00 bits per heavy atom. The van der Waals surface area contributed by atoms with Crippen molar-refractivity contribution < 1.29 is 14.6 Å². The predicted molar refractivity (Wildman–Crippen MR) is 116 cm³/mol. The summed E-state index contributed by atoms with van der Waals surface area (Å²) in [6.07, 6.45) is 1.80. The van der Waals surface area contributed by atoms with Crippen molar-refractivity contribution in [2.45, 2.75) is 19.9 Å². The molecule has 5 nitrogen and oxygen atoms in total. The van der Waals surface area contributed by atoms with E-state index < -0.39 is 0 Å². The summed E-state index contributed by atoms with van der Waals surface area (Å²) in [5.74, 6) is 0.378. The number of anilines is 1. The molecule has 146 valence electrons. The summed E-state index contributed by atoms with van der Waals surface area (Å²) in [6, 6.07) is 14.8. The van der Waals surface area contributed by atoms with Crippen LogP contribution in [0.3, 0.4) is 0 Å². The third-order valence-corrected chi connectivity index (χ3v) is 5.07. The first-order chi connectivity index (χ1) is 13.5. The summed E-state index contributed by atoms with van der Waals surface area (Å²) < 4.78 is 5.37. The van der Waals surface area contributed by atoms with Crippen molar-refractivity contribution in [1.82, 2.24) is 0 Å². The number of carbonyl (C=O) groups excluding carboxylic acids is 1. The van der Waals surface area contributed by atoms with Gasteiger partial charge in [0.25, 0.3) is 5.91 Å². The van der Waals surface area contributed by atoms with E-state index >= 15 is 0 Å². The minimum atomic E-state index is -0.118. The maximum absolute atomic E-state index is 13.1. The normalized spacial score (nSPS) is 17.2. The van der Waals surface area contributed by atoms with Gasteiger partial charge in [0.05, 0.1) is 22.2 Å². The van der Waals surface area contributed by atoms with Gasteiger partial charge in [-0.25, -0.2) is 0 Å². The number of amides is 1. The van der Waals surface area contributed by atoms with Crippen molar-refractivity contribution in [3.8, 4) is 5.75 Å². The predicted octanol–water partition coefficient (Wildman–Crippen LogP) is 4.60. The second kappa shape index (κ2) is 9.28. The van der Waals surface area contributed by atoms with E-state index in [-0.39, 0.29) is 25.2 Å². The van der Waals surface area contributed by atoms with Crippen molar-refractivity contribution in [3.63, 3.8) is 0 Å². The molecule has 1 aliphatic rings. The van der Waals surface area contributed by atoms with E-state index in [1.54, 1.807) is 23.1 Å². The van der Waals surface area contributed by atoms with E-state index in [2.05, 4.69) is 4.99 Å². The van der Waals surface area contributed by atoms with Crippen molar-refractivity contribution in [3.05, 3.63) is 64.0 Å². The molecule has 1 saturated heterocycles. The van der Waals surface area contributed by atoms with E-state index in [0.717, 1.165) is 11.3 Å². The molecule has 0 saturated carbocycles. The second-order valence-electron chi connectivity index (χ2n) is 6.35. The fraction of sp³-hybridized carbons (Fsp3) is 0.238. The van der Waals surface area contributed by atoms with Crippen LogP contribution in [-0.2, 0) is 4.79 Å². The van der Waals surface area contributed by atoms with Crippen molar-refractivity contribution >= 4 is 46.2 Å². The molecule has 1 amide bonds. The number of thioether (sulfide) groups is 1. The Balaban J connectivity index is 1.92. The van der Waals surface area contributed by atoms with Gasteiger partial charge in [0.15, 0.2) is 5.17 Å². The largest absolute Gasteiger partial charge is 0.490 e. The maximum Gasteiger partial charge on any atom is 0.271 e. The highest BCUT2D eigenvalue weighted by Gasteiger charge is 2.34. The number of carbonyl (C=O) groups is 1. The number of hydrogen-bond donors (Lipinski definition) is 1. The first kappa shape index (κ1) is 20.5. The third kappa shape index (κ3) is 4.76. The Labute approximate surface area is 173 Å². The molecule has 0 aliphatic carbocycles. The number of halogens is 1. The maximum atomic E-state index is 13.1. The molecule has 0 bridgehead atoms. The van der Waals surface area contributed by atoms with Crippen LogP contribution in [0.4, 0.5) is 5.69 Å². The lowest BCUT2D eigenvalue weighted by molar-refractivity contribution is -0.113. The molecule has 2 aromatic rings. The molecular weight excluding hydrogens is 396 g/mol. The zero-order chi connectivity index (χ0) is 20.1. The zero-order valence-electron chi connectivity index (χ0n) is 15.6. The van der Waals surface area contributed by atoms with Gasteiger partial charge in [-0.3, -0.25) is 14.7 Å². The van der Waals surface area contributed by atoms with Gasteiger partial charge in [-0.2, -0.15) is 0 Å². The monoisotopic (exact) mass is 416 g/mol. The highest BCUT2D eigenvalue weighted by Crippen LogP contribution is 2.37. The third-order valence-electron chi connectivity index (χ3n) is 3.79. The van der Waals surface area contributed by atoms with Crippen LogP contribution < -0.4 is 9.64 Å². The number of benzene rings is 2. The number of ether oxygens (including phenoxy) is 1. The van der Waals surface area contributed by atoms with E-state index in [0.29, 0.717) is 20.8 Å². The Kier molecular flexibility index (Phi) is 6.78. The van der Waals surface area contributed by atoms with Crippen molar-refractivity contribution in [2.75, 3.05) is 18.1 Å². The Hall–Kier alpha value is -2.28. The van der Waals surface area contributed by atoms with E-state index in [1.165, 1.54) is 11.8 Å². The molecule has 0 radical (unpaired) electrons. The molecule has 2 aromatic carbocycles. The average Bonchev–Trinajstić information content (AvgIpc) is 2.96. The summed E-state index contributed by atoms with van der Waals surface area (Å²) in [4.78, 5) is 19.9. The number of aliphatic hydroxyl groups excluding tert-OH is 1. The van der Waals surface area contributed by atoms with Gasteiger partial charge in [0.1, 0.15) is 12.4 Å². The minimum absolute atomic E-state index is 0.0678. The molecule has 0 atom stereocenters. The van der Waals surface area contributed by atoms with Crippen LogP contribution in [0.15, 0.2) is 58.4 Å². The molecule has 1 N–H and O–H groups in total. The molecule has 0 spiro atoms. The average molecular weight is 417 g/mol. The Morgan fingerprint density at radius 3 is 2.64 bits per heavy atom. The first-order valence-electron chi connectivity index (χ1n) is 8.89. The fourth-order valence-corrected chi connectivity index (χ4v) is 3.97. The number of nitrogens with zero attached hydrogens (tertiary/aromatic N) is 2. The van der Waals surface area contributed by atoms with Gasteiger partial charge in [-0.1, -0.05) is 35.9 Å². The quantitative estimate of drug-likeness (QED) is 0.699. The zero-order valence-corrected chi connectivity index (χ0v) is 17.2. The number of aliphatic imine (C=N–C) groups is 1. The number of rotatable bonds is 6. The number of para-hydroxylation sites is 1. The van der Waals surface area contributed by atoms with Crippen molar-refractivity contribution in [1.29, 1.82) is 0 Å². The Morgan fingerprint density at radius 1 is 1.25 bits per heavy atom. The van der Waals surface area contributed by atoms with Crippen molar-refractivity contribution in [2.24, 2.45) is 4.99 Å². The molecule has 7 heteroatoms. The van der Waals surface area contributed by atoms with Gasteiger partial charge in [-0.15, -0.1) is 0 Å². The van der Waals surface area contributed by atoms with Gasteiger partial charge in [-0.05, 0) is 61.5 Å². The van der Waals surface area contributed by atoms with E-state index in [9.17, 15) is 4.79 Å². The molecular formula is C21H21ClN2O3S. The lowest BCUT2D eigenvalue weighted by Gasteiger charge is -2.16. The molecule has 0 unspecified atom stereocenters. The smallest absolute Gasteiger partial charge is 0.271 e. The number of hydrogen-bond acceptors (Lipinski definition) is 5. The van der Waals surface area contributed by atoms with Gasteiger partial charge >= 0.3 is 0 Å². The summed E-state index contributed by atoms with van der Waals surface area (Å²) in [6.45, 7) is 4.05. The van der Waals surface area contributed by atoms with Crippen LogP contribution >= 0.6 is 23.4 Å². The van der Waals surface area contributed by atoms with Crippen LogP contribution in [0.25, 0.3) is 6.08 Å². The van der Waals surface area contributed by atoms with Crippen LogP contribution in [0.1, 0.15) is 19.4 Å². The number of aliphatic hydroxyl groups is 1. The first-order valence-corrected chi connectivity index (χ1v) is 10.1. The molecule has 28 heavy (non-hydrogen) atoms. The van der Waals surface area contributed by atoms with E-state index in [4.69, 9.17) is 21.4 Å². The Bertz CT molecular complexity index is 913. The fourth-order valence-electron chi connectivity index (χ4n) is 2.62. The topological polar surface area (TPSA) is 62.1 Å². The van der Waals surface area contributed by atoms with Gasteiger partial charge in [0, 0.05) is 6.04 Å². The summed E-state index contributed by atoms with van der Waals surface area (Å²) >= 11 is 7.60. The molecule has 1 heterocycles. The van der Waals surface area contributed by atoms with Gasteiger partial charge < -0.3 is 9.84 Å². The second-order valence-corrected chi connectivity index (χ2v) is 7.77. The molecule has 3 rings (SSSR count). The SMILES string of the molecule is CC(C)N=C1SC(=Cc2ccc(OCCO)c(Cl)c2)C(=O)N1c1ccccc1. The van der Waals surface area contributed by atoms with E-state index in [1.807, 2.05) is 50.2 Å². The minimum Gasteiger partial charge on any atom is -0.490 e. The lowest BCUT2D eigenvalue weighted by atomic mass is 10.2. The van der Waals surface area contributed by atoms with Crippen LogP contribution in [0.2, 0.25) is 5.02 Å². The number of amidine groups is 1. The molecule has 0 aromatic heterocycles. The van der Waals surface area contributed by atoms with Crippen LogP contribution in [0.5, 0.6) is 5.75 Å². The molecule has 1 aliphatic heterocycles. The summed E-state index contributed by atoms with van der Waals surface area (Å²) in [5, 5.41) is 9.95. The highest BCUT2D eigenvalue weighted by atomic mass is 35.5. The van der Waals surface area contributed by atoms with Gasteiger partial charge in [0.2, 0.25) is 0 Å². The summed E-state index contributed by atoms with van der Waals surface area (Å²) in [7, 11) is 0. The molecule has 1 fully saturated rings. The highest BCUT2D eigenvalue weighted by molar-refractivity contribution is 8.19. The lowest BCUT2D eigenvalue weighted by Crippen LogP contribution is -2.29. The van der Waals surface area contributed by atoms with Crippen LogP contribution in [-0.4, -0.2) is 35.4 Å². The van der Waals surface area contributed by atoms with Crippen LogP contribution in [0, 0.1) is 0 Å². The standard InChI is InChI=1S/C21H21ClN2O3S/c1-14(2)23-21-24(16-6-4-3-5-7-16)20(26)19(28-21)13-15-8-9-18(17(22)12-15)27-11-10-25/h3-9,12-14,25H,10-11H2,1-2H3.